The lowest BCUT2D eigenvalue weighted by molar-refractivity contribution is -0.137. The lowest BCUT2D eigenvalue weighted by atomic mass is 9.91. The van der Waals surface area contributed by atoms with Crippen LogP contribution in [-0.4, -0.2) is 13.1 Å². The molecule has 19 heavy (non-hydrogen) atoms. The minimum absolute atomic E-state index is 0.205. The first-order valence-electron chi connectivity index (χ1n) is 6.49. The van der Waals surface area contributed by atoms with E-state index in [1.54, 1.807) is 0 Å². The van der Waals surface area contributed by atoms with Gasteiger partial charge in [-0.05, 0) is 36.5 Å². The number of hydrogen-bond acceptors (Lipinski definition) is 2. The molecule has 1 aromatic rings. The predicted molar refractivity (Wildman–Crippen MR) is 71.0 cm³/mol. The second kappa shape index (κ2) is 4.94. The minimum atomic E-state index is -4.34. The highest BCUT2D eigenvalue weighted by Crippen LogP contribution is 2.35. The molecule has 1 aliphatic heterocycles. The van der Waals surface area contributed by atoms with Crippen molar-refractivity contribution in [2.45, 2.75) is 26.4 Å². The van der Waals surface area contributed by atoms with Crippen molar-refractivity contribution in [3.8, 4) is 0 Å². The smallest absolute Gasteiger partial charge is 0.397 e. The Balaban J connectivity index is 2.26. The number of nitrogens with two attached hydrogens (primary N) is 1. The largest absolute Gasteiger partial charge is 0.416 e. The molecule has 0 spiro atoms. The van der Waals surface area contributed by atoms with Crippen LogP contribution in [0.25, 0.3) is 0 Å². The third-order valence-corrected chi connectivity index (χ3v) is 3.56. The van der Waals surface area contributed by atoms with Gasteiger partial charge < -0.3 is 10.6 Å². The first-order valence-corrected chi connectivity index (χ1v) is 6.49. The molecule has 2 N–H and O–H groups in total. The van der Waals surface area contributed by atoms with E-state index in [9.17, 15) is 13.2 Å². The lowest BCUT2D eigenvalue weighted by Gasteiger charge is -2.37. The van der Waals surface area contributed by atoms with E-state index in [2.05, 4.69) is 18.7 Å². The predicted octanol–water partition coefficient (Wildman–Crippen LogP) is 3.77. The van der Waals surface area contributed by atoms with Gasteiger partial charge in [0.25, 0.3) is 0 Å². The number of anilines is 2. The third kappa shape index (κ3) is 3.14. The van der Waals surface area contributed by atoms with Gasteiger partial charge in [-0.25, -0.2) is 0 Å². The zero-order valence-corrected chi connectivity index (χ0v) is 11.2. The van der Waals surface area contributed by atoms with Gasteiger partial charge in [-0.3, -0.25) is 0 Å². The molecule has 0 aromatic heterocycles. The summed E-state index contributed by atoms with van der Waals surface area (Å²) in [5.41, 5.74) is 6.03. The molecule has 1 saturated heterocycles. The second-order valence-electron chi connectivity index (χ2n) is 5.62. The summed E-state index contributed by atoms with van der Waals surface area (Å²) >= 11 is 0. The Morgan fingerprint density at radius 2 is 1.74 bits per heavy atom. The molecule has 0 saturated carbocycles. The Labute approximate surface area is 111 Å². The Hall–Kier alpha value is -1.39. The molecule has 1 fully saturated rings. The van der Waals surface area contributed by atoms with Crippen LogP contribution in [0, 0.1) is 11.8 Å². The highest BCUT2D eigenvalue weighted by atomic mass is 19.4. The van der Waals surface area contributed by atoms with Gasteiger partial charge in [-0.2, -0.15) is 13.2 Å². The van der Waals surface area contributed by atoms with Crippen molar-refractivity contribution in [3.05, 3.63) is 23.8 Å². The molecule has 5 heteroatoms. The number of benzene rings is 1. The monoisotopic (exact) mass is 272 g/mol. The van der Waals surface area contributed by atoms with Crippen molar-refractivity contribution < 1.29 is 13.2 Å². The van der Waals surface area contributed by atoms with Gasteiger partial charge in [0.2, 0.25) is 0 Å². The molecule has 0 radical (unpaired) electrons. The third-order valence-electron chi connectivity index (χ3n) is 3.56. The first kappa shape index (κ1) is 14.0. The fourth-order valence-electron chi connectivity index (χ4n) is 2.88. The van der Waals surface area contributed by atoms with Crippen LogP contribution in [0.3, 0.4) is 0 Å². The number of rotatable bonds is 1. The van der Waals surface area contributed by atoms with E-state index in [-0.39, 0.29) is 5.69 Å². The highest BCUT2D eigenvalue weighted by Gasteiger charge is 2.31. The van der Waals surface area contributed by atoms with E-state index in [0.29, 0.717) is 17.5 Å². The number of piperidine rings is 1. The summed E-state index contributed by atoms with van der Waals surface area (Å²) in [6.45, 7) is 6.01. The molecular weight excluding hydrogens is 253 g/mol. The summed E-state index contributed by atoms with van der Waals surface area (Å²) in [4.78, 5) is 2.09. The maximum absolute atomic E-state index is 12.6. The van der Waals surface area contributed by atoms with Crippen LogP contribution in [0.1, 0.15) is 25.8 Å². The van der Waals surface area contributed by atoms with E-state index in [4.69, 9.17) is 5.73 Å². The molecule has 0 bridgehead atoms. The average Bonchev–Trinajstić information content (AvgIpc) is 2.26. The number of hydrogen-bond donors (Lipinski definition) is 1. The molecular formula is C14H19F3N2. The molecule has 0 aliphatic carbocycles. The average molecular weight is 272 g/mol. The molecule has 1 aliphatic rings. The van der Waals surface area contributed by atoms with Crippen molar-refractivity contribution >= 4 is 11.4 Å². The molecule has 2 atom stereocenters. The zero-order chi connectivity index (χ0) is 14.2. The second-order valence-corrected chi connectivity index (χ2v) is 5.62. The number of nitrogens with zero attached hydrogens (tertiary/aromatic N) is 1. The van der Waals surface area contributed by atoms with Crippen LogP contribution in [0.5, 0.6) is 0 Å². The topological polar surface area (TPSA) is 29.3 Å². The standard InChI is InChI=1S/C14H19F3N2/c1-9-5-10(2)8-19(7-9)13-4-3-11(6-12(13)18)14(15,16)17/h3-4,6,9-10H,5,7-8,18H2,1-2H3. The Bertz CT molecular complexity index is 446. The molecule has 1 heterocycles. The summed E-state index contributed by atoms with van der Waals surface area (Å²) in [7, 11) is 0. The van der Waals surface area contributed by atoms with Gasteiger partial charge in [0.15, 0.2) is 0 Å². The van der Waals surface area contributed by atoms with Gasteiger partial charge in [0.1, 0.15) is 0 Å². The van der Waals surface area contributed by atoms with Gasteiger partial charge in [-0.15, -0.1) is 0 Å². The van der Waals surface area contributed by atoms with E-state index in [1.165, 1.54) is 6.07 Å². The van der Waals surface area contributed by atoms with Crippen LogP contribution in [-0.2, 0) is 6.18 Å². The lowest BCUT2D eigenvalue weighted by Crippen LogP contribution is -2.39. The maximum Gasteiger partial charge on any atom is 0.416 e. The van der Waals surface area contributed by atoms with Gasteiger partial charge in [0, 0.05) is 13.1 Å². The van der Waals surface area contributed by atoms with Crippen molar-refractivity contribution in [3.63, 3.8) is 0 Å². The first-order chi connectivity index (χ1) is 8.77. The quantitative estimate of drug-likeness (QED) is 0.788. The molecule has 2 nitrogen and oxygen atoms in total. The van der Waals surface area contributed by atoms with Crippen molar-refractivity contribution in [1.82, 2.24) is 0 Å². The summed E-state index contributed by atoms with van der Waals surface area (Å²) in [6, 6.07) is 3.62. The summed E-state index contributed by atoms with van der Waals surface area (Å²) < 4.78 is 37.8. The van der Waals surface area contributed by atoms with E-state index >= 15 is 0 Å². The maximum atomic E-state index is 12.6. The van der Waals surface area contributed by atoms with Crippen molar-refractivity contribution in [2.75, 3.05) is 23.7 Å². The molecule has 2 rings (SSSR count). The SMILES string of the molecule is CC1CC(C)CN(c2ccc(C(F)(F)F)cc2N)C1. The molecule has 0 amide bonds. The zero-order valence-electron chi connectivity index (χ0n) is 11.2. The van der Waals surface area contributed by atoms with Crippen LogP contribution in [0.4, 0.5) is 24.5 Å². The number of alkyl halides is 3. The molecule has 106 valence electrons. The summed E-state index contributed by atoms with van der Waals surface area (Å²) in [5, 5.41) is 0. The summed E-state index contributed by atoms with van der Waals surface area (Å²) in [5.74, 6) is 1.07. The minimum Gasteiger partial charge on any atom is -0.397 e. The van der Waals surface area contributed by atoms with E-state index < -0.39 is 11.7 Å². The Morgan fingerprint density at radius 1 is 1.16 bits per heavy atom. The number of halogens is 3. The van der Waals surface area contributed by atoms with Gasteiger partial charge in [0.05, 0.1) is 16.9 Å². The molecule has 2 unspecified atom stereocenters. The fraction of sp³-hybridized carbons (Fsp3) is 0.571. The van der Waals surface area contributed by atoms with Crippen LogP contribution in [0.2, 0.25) is 0 Å². The van der Waals surface area contributed by atoms with E-state index in [1.807, 2.05) is 0 Å². The van der Waals surface area contributed by atoms with Crippen molar-refractivity contribution in [2.24, 2.45) is 11.8 Å². The van der Waals surface area contributed by atoms with Crippen LogP contribution < -0.4 is 10.6 Å². The van der Waals surface area contributed by atoms with Crippen LogP contribution in [0.15, 0.2) is 18.2 Å². The fourth-order valence-corrected chi connectivity index (χ4v) is 2.88. The Kier molecular flexibility index (Phi) is 3.65. The van der Waals surface area contributed by atoms with Crippen molar-refractivity contribution in [1.29, 1.82) is 0 Å². The van der Waals surface area contributed by atoms with Crippen LogP contribution >= 0.6 is 0 Å². The normalized spacial score (nSPS) is 24.6. The van der Waals surface area contributed by atoms with Gasteiger partial charge >= 0.3 is 6.18 Å². The van der Waals surface area contributed by atoms with Gasteiger partial charge in [-0.1, -0.05) is 13.8 Å². The van der Waals surface area contributed by atoms with E-state index in [0.717, 1.165) is 31.6 Å². The highest BCUT2D eigenvalue weighted by molar-refractivity contribution is 5.69. The number of nitrogen functional groups attached to an aromatic ring is 1. The summed E-state index contributed by atoms with van der Waals surface area (Å²) in [6.07, 6.45) is -3.19. The Morgan fingerprint density at radius 3 is 2.21 bits per heavy atom. The molecule has 1 aromatic carbocycles.